The number of benzene rings is 2. The van der Waals surface area contributed by atoms with Crippen molar-refractivity contribution in [1.82, 2.24) is 0 Å². The molecule has 6 nitrogen and oxygen atoms in total. The summed E-state index contributed by atoms with van der Waals surface area (Å²) in [6.07, 6.45) is 1.48. The van der Waals surface area contributed by atoms with Crippen molar-refractivity contribution >= 4 is 40.8 Å². The second-order valence-electron chi connectivity index (χ2n) is 6.57. The second kappa shape index (κ2) is 8.22. The number of aliphatic carboxylic acids is 1. The number of hydrogen-bond donors (Lipinski definition) is 3. The molecule has 1 aliphatic carbocycles. The summed E-state index contributed by atoms with van der Waals surface area (Å²) in [5.41, 5.74) is 1.69. The Morgan fingerprint density at radius 3 is 1.96 bits per heavy atom. The number of amides is 2. The van der Waals surface area contributed by atoms with E-state index in [0.29, 0.717) is 41.2 Å². The summed E-state index contributed by atoms with van der Waals surface area (Å²) >= 11 is 5.81. The topological polar surface area (TPSA) is 95.5 Å². The largest absolute Gasteiger partial charge is 0.481 e. The van der Waals surface area contributed by atoms with Crippen LogP contribution in [0.3, 0.4) is 0 Å². The normalized spacial score (nSPS) is 18.7. The summed E-state index contributed by atoms with van der Waals surface area (Å²) < 4.78 is 0. The van der Waals surface area contributed by atoms with Gasteiger partial charge in [-0.2, -0.15) is 0 Å². The molecule has 2 amide bonds. The van der Waals surface area contributed by atoms with Crippen LogP contribution in [-0.4, -0.2) is 22.9 Å². The maximum atomic E-state index is 12.3. The first-order valence-electron chi connectivity index (χ1n) is 8.63. The van der Waals surface area contributed by atoms with Crippen molar-refractivity contribution in [1.29, 1.82) is 0 Å². The molecule has 2 aromatic rings. The van der Waals surface area contributed by atoms with E-state index in [4.69, 9.17) is 16.7 Å². The third kappa shape index (κ3) is 4.86. The number of halogens is 1. The lowest BCUT2D eigenvalue weighted by atomic mass is 10.0. The number of carboxylic acid groups (broad SMARTS) is 1. The fraction of sp³-hybridized carbons (Fsp3) is 0.250. The van der Waals surface area contributed by atoms with Gasteiger partial charge in [0.2, 0.25) is 5.91 Å². The van der Waals surface area contributed by atoms with E-state index in [-0.39, 0.29) is 17.7 Å². The van der Waals surface area contributed by atoms with Gasteiger partial charge < -0.3 is 15.7 Å². The summed E-state index contributed by atoms with van der Waals surface area (Å²) in [5.74, 6) is -1.99. The van der Waals surface area contributed by atoms with Gasteiger partial charge in [-0.05, 0) is 67.8 Å². The van der Waals surface area contributed by atoms with Crippen LogP contribution < -0.4 is 10.6 Å². The highest BCUT2D eigenvalue weighted by Gasteiger charge is 2.33. The minimum Gasteiger partial charge on any atom is -0.481 e. The molecule has 27 heavy (non-hydrogen) atoms. The fourth-order valence-corrected chi connectivity index (χ4v) is 3.26. The van der Waals surface area contributed by atoms with Crippen LogP contribution in [0.15, 0.2) is 48.5 Å². The van der Waals surface area contributed by atoms with Gasteiger partial charge in [0.15, 0.2) is 0 Å². The quantitative estimate of drug-likeness (QED) is 0.722. The van der Waals surface area contributed by atoms with Crippen LogP contribution in [0.2, 0.25) is 5.02 Å². The van der Waals surface area contributed by atoms with Crippen molar-refractivity contribution in [2.75, 3.05) is 10.6 Å². The minimum atomic E-state index is -0.842. The van der Waals surface area contributed by atoms with Gasteiger partial charge >= 0.3 is 5.97 Å². The Balaban J connectivity index is 1.55. The van der Waals surface area contributed by atoms with E-state index in [2.05, 4.69) is 10.6 Å². The van der Waals surface area contributed by atoms with E-state index in [0.717, 1.165) is 0 Å². The average molecular weight is 387 g/mol. The van der Waals surface area contributed by atoms with Crippen LogP contribution in [-0.2, 0) is 9.59 Å². The minimum absolute atomic E-state index is 0.170. The molecule has 2 aromatic carbocycles. The van der Waals surface area contributed by atoms with E-state index in [1.165, 1.54) is 0 Å². The van der Waals surface area contributed by atoms with Gasteiger partial charge in [0.25, 0.3) is 5.91 Å². The number of anilines is 2. The second-order valence-corrected chi connectivity index (χ2v) is 7.01. The Hall–Kier alpha value is -2.86. The lowest BCUT2D eigenvalue weighted by Crippen LogP contribution is -2.21. The van der Waals surface area contributed by atoms with E-state index in [9.17, 15) is 14.4 Å². The van der Waals surface area contributed by atoms with Crippen LogP contribution in [0.25, 0.3) is 0 Å². The molecule has 0 radical (unpaired) electrons. The molecule has 1 saturated carbocycles. The molecule has 2 atom stereocenters. The summed E-state index contributed by atoms with van der Waals surface area (Å²) in [6, 6.07) is 13.3. The van der Waals surface area contributed by atoms with Gasteiger partial charge in [0.05, 0.1) is 5.92 Å². The highest BCUT2D eigenvalue weighted by molar-refractivity contribution is 6.30. The van der Waals surface area contributed by atoms with Crippen molar-refractivity contribution < 1.29 is 19.5 Å². The van der Waals surface area contributed by atoms with Gasteiger partial charge in [0.1, 0.15) is 0 Å². The smallest absolute Gasteiger partial charge is 0.306 e. The molecule has 1 aliphatic rings. The van der Waals surface area contributed by atoms with Crippen molar-refractivity contribution in [3.63, 3.8) is 0 Å². The monoisotopic (exact) mass is 386 g/mol. The molecule has 0 aliphatic heterocycles. The predicted octanol–water partition coefficient (Wildman–Crippen LogP) is 4.03. The lowest BCUT2D eigenvalue weighted by molar-refractivity contribution is -0.141. The maximum absolute atomic E-state index is 12.3. The molecule has 0 heterocycles. The number of carbonyl (C=O) groups excluding carboxylic acids is 2. The lowest BCUT2D eigenvalue weighted by Gasteiger charge is -2.12. The Morgan fingerprint density at radius 2 is 1.41 bits per heavy atom. The molecule has 3 N–H and O–H groups in total. The van der Waals surface area contributed by atoms with E-state index in [1.54, 1.807) is 48.5 Å². The van der Waals surface area contributed by atoms with Gasteiger partial charge in [-0.3, -0.25) is 14.4 Å². The van der Waals surface area contributed by atoms with Crippen LogP contribution >= 0.6 is 11.6 Å². The molecule has 0 aromatic heterocycles. The molecule has 140 valence electrons. The zero-order valence-corrected chi connectivity index (χ0v) is 15.2. The van der Waals surface area contributed by atoms with Crippen molar-refractivity contribution in [2.24, 2.45) is 11.8 Å². The zero-order chi connectivity index (χ0) is 19.4. The van der Waals surface area contributed by atoms with E-state index >= 15 is 0 Å². The molecule has 0 spiro atoms. The first kappa shape index (κ1) is 18.9. The van der Waals surface area contributed by atoms with Crippen molar-refractivity contribution in [3.8, 4) is 0 Å². The van der Waals surface area contributed by atoms with Gasteiger partial charge in [-0.1, -0.05) is 11.6 Å². The van der Waals surface area contributed by atoms with Crippen LogP contribution in [0, 0.1) is 11.8 Å². The van der Waals surface area contributed by atoms with Gasteiger partial charge in [-0.15, -0.1) is 0 Å². The molecule has 0 saturated heterocycles. The Morgan fingerprint density at radius 1 is 0.852 bits per heavy atom. The standard InChI is InChI=1S/C20H19ClN2O4/c21-15-5-3-12(4-6-15)18(24)22-16-7-9-17(10-8-16)23-19(25)13-1-2-14(11-13)20(26)27/h3-10,13-14H,1-2,11H2,(H,22,24)(H,23,25)(H,26,27)/t13-,14+/m0/s1. The molecule has 3 rings (SSSR count). The molecule has 0 unspecified atom stereocenters. The van der Waals surface area contributed by atoms with E-state index in [1.807, 2.05) is 0 Å². The van der Waals surface area contributed by atoms with Gasteiger partial charge in [0, 0.05) is 27.9 Å². The molecule has 1 fully saturated rings. The summed E-state index contributed by atoms with van der Waals surface area (Å²) in [6.45, 7) is 0. The fourth-order valence-electron chi connectivity index (χ4n) is 3.13. The molecule has 0 bridgehead atoms. The van der Waals surface area contributed by atoms with Crippen molar-refractivity contribution in [3.05, 3.63) is 59.1 Å². The summed E-state index contributed by atoms with van der Waals surface area (Å²) in [7, 11) is 0. The highest BCUT2D eigenvalue weighted by Crippen LogP contribution is 2.32. The third-order valence-electron chi connectivity index (χ3n) is 4.67. The number of rotatable bonds is 5. The molecular weight excluding hydrogens is 368 g/mol. The van der Waals surface area contributed by atoms with Crippen LogP contribution in [0.5, 0.6) is 0 Å². The molecule has 7 heteroatoms. The van der Waals surface area contributed by atoms with E-state index < -0.39 is 11.9 Å². The number of carbonyl (C=O) groups is 3. The third-order valence-corrected chi connectivity index (χ3v) is 4.92. The van der Waals surface area contributed by atoms with Crippen molar-refractivity contribution in [2.45, 2.75) is 19.3 Å². The Labute approximate surface area is 161 Å². The average Bonchev–Trinajstić information content (AvgIpc) is 3.14. The predicted molar refractivity (Wildman–Crippen MR) is 103 cm³/mol. The number of nitrogens with one attached hydrogen (secondary N) is 2. The van der Waals surface area contributed by atoms with Crippen LogP contribution in [0.1, 0.15) is 29.6 Å². The van der Waals surface area contributed by atoms with Crippen LogP contribution in [0.4, 0.5) is 11.4 Å². The Bertz CT molecular complexity index is 849. The number of carboxylic acids is 1. The first-order chi connectivity index (χ1) is 12.9. The highest BCUT2D eigenvalue weighted by atomic mass is 35.5. The maximum Gasteiger partial charge on any atom is 0.306 e. The first-order valence-corrected chi connectivity index (χ1v) is 9.01. The number of hydrogen-bond acceptors (Lipinski definition) is 3. The summed E-state index contributed by atoms with van der Waals surface area (Å²) in [4.78, 5) is 35.4. The SMILES string of the molecule is O=C(Nc1ccc(NC(=O)[C@H]2CC[C@@H](C(=O)O)C2)cc1)c1ccc(Cl)cc1. The molecular formula is C20H19ClN2O4. The van der Waals surface area contributed by atoms with Gasteiger partial charge in [-0.25, -0.2) is 0 Å². The zero-order valence-electron chi connectivity index (χ0n) is 14.4. The Kier molecular flexibility index (Phi) is 5.76. The summed E-state index contributed by atoms with van der Waals surface area (Å²) in [5, 5.41) is 15.2.